The normalized spacial score (nSPS) is 15.4. The van der Waals surface area contributed by atoms with Crippen LogP contribution in [0.4, 0.5) is 16.3 Å². The van der Waals surface area contributed by atoms with Crippen LogP contribution in [0.3, 0.4) is 0 Å². The molecule has 0 radical (unpaired) electrons. The predicted octanol–water partition coefficient (Wildman–Crippen LogP) is 2.44. The lowest BCUT2D eigenvalue weighted by molar-refractivity contribution is -0.127. The van der Waals surface area contributed by atoms with Crippen molar-refractivity contribution in [3.05, 3.63) is 47.9 Å². The summed E-state index contributed by atoms with van der Waals surface area (Å²) in [5.41, 5.74) is 8.57. The second-order valence-corrected chi connectivity index (χ2v) is 9.11. The number of carbonyl (C=O) groups is 3. The fraction of sp³-hybridized carbons (Fsp3) is 0.360. The summed E-state index contributed by atoms with van der Waals surface area (Å²) in [6.45, 7) is 8.17. The first kappa shape index (κ1) is 25.6. The van der Waals surface area contributed by atoms with E-state index in [0.717, 1.165) is 5.56 Å². The van der Waals surface area contributed by atoms with Gasteiger partial charge in [-0.1, -0.05) is 6.58 Å². The molecule has 1 unspecified atom stereocenters. The van der Waals surface area contributed by atoms with E-state index in [1.807, 2.05) is 13.8 Å². The molecule has 194 valence electrons. The van der Waals surface area contributed by atoms with Crippen molar-refractivity contribution in [1.82, 2.24) is 30.0 Å². The van der Waals surface area contributed by atoms with E-state index in [0.29, 0.717) is 54.0 Å². The monoisotopic (exact) mass is 506 g/mol. The molecule has 0 saturated carbocycles. The van der Waals surface area contributed by atoms with Crippen molar-refractivity contribution in [2.24, 2.45) is 0 Å². The lowest BCUT2D eigenvalue weighted by Gasteiger charge is -2.39. The van der Waals surface area contributed by atoms with Gasteiger partial charge in [0, 0.05) is 32.9 Å². The maximum Gasteiger partial charge on any atom is 0.414 e. The number of H-pyrrole nitrogens is 1. The molecule has 1 fully saturated rings. The fourth-order valence-electron chi connectivity index (χ4n) is 4.46. The molecule has 4 rings (SSSR count). The standard InChI is InChI=1S/C25H30N8O4/c1-6-19(34)32-11-7-8-16(12-32)33(24(35)21-20-22(26)27-13-28-23(20)30-29-21)17-9-10-18(15(3)14(17)2)37-25(36)31(4)5/h6,9-10,13,16H,1,7-8,11-12H2,2-5H3,(H3,26,27,28,29,30). The molecule has 1 aromatic carbocycles. The molecule has 3 aromatic rings. The van der Waals surface area contributed by atoms with Crippen molar-refractivity contribution in [3.8, 4) is 5.75 Å². The average molecular weight is 507 g/mol. The van der Waals surface area contributed by atoms with Gasteiger partial charge in [-0.25, -0.2) is 14.8 Å². The zero-order valence-electron chi connectivity index (χ0n) is 21.3. The van der Waals surface area contributed by atoms with Crippen molar-refractivity contribution in [2.75, 3.05) is 37.8 Å². The Bertz CT molecular complexity index is 1380. The maximum absolute atomic E-state index is 14.2. The molecule has 1 saturated heterocycles. The Labute approximate surface area is 214 Å². The lowest BCUT2D eigenvalue weighted by atomic mass is 9.99. The number of nitrogen functional groups attached to an aromatic ring is 1. The number of likely N-dealkylation sites (tertiary alicyclic amines) is 1. The first-order valence-electron chi connectivity index (χ1n) is 11.8. The highest BCUT2D eigenvalue weighted by Crippen LogP contribution is 2.35. The molecule has 12 nitrogen and oxygen atoms in total. The van der Waals surface area contributed by atoms with Crippen LogP contribution >= 0.6 is 0 Å². The summed E-state index contributed by atoms with van der Waals surface area (Å²) in [4.78, 5) is 51.5. The largest absolute Gasteiger partial charge is 0.414 e. The molecular formula is C25H30N8O4. The Balaban J connectivity index is 1.81. The van der Waals surface area contributed by atoms with Crippen molar-refractivity contribution >= 4 is 40.4 Å². The van der Waals surface area contributed by atoms with Crippen LogP contribution in [0.5, 0.6) is 5.75 Å². The van der Waals surface area contributed by atoms with Crippen molar-refractivity contribution in [3.63, 3.8) is 0 Å². The molecule has 3 amide bonds. The number of nitrogens with one attached hydrogen (secondary N) is 1. The molecule has 0 spiro atoms. The van der Waals surface area contributed by atoms with Crippen molar-refractivity contribution < 1.29 is 19.1 Å². The van der Waals surface area contributed by atoms with Gasteiger partial charge in [0.2, 0.25) is 5.91 Å². The molecule has 0 aliphatic carbocycles. The minimum absolute atomic E-state index is 0.0837. The van der Waals surface area contributed by atoms with E-state index in [1.165, 1.54) is 17.3 Å². The average Bonchev–Trinajstić information content (AvgIpc) is 3.33. The van der Waals surface area contributed by atoms with Gasteiger partial charge in [-0.05, 0) is 56.0 Å². The number of aromatic nitrogens is 4. The van der Waals surface area contributed by atoms with Gasteiger partial charge in [0.15, 0.2) is 11.3 Å². The Hall–Kier alpha value is -4.48. The molecule has 1 aliphatic rings. The highest BCUT2D eigenvalue weighted by Gasteiger charge is 2.35. The Kier molecular flexibility index (Phi) is 7.09. The Morgan fingerprint density at radius 3 is 2.68 bits per heavy atom. The zero-order chi connectivity index (χ0) is 26.9. The molecule has 0 bridgehead atoms. The number of ether oxygens (including phenoxy) is 1. The fourth-order valence-corrected chi connectivity index (χ4v) is 4.46. The lowest BCUT2D eigenvalue weighted by Crippen LogP contribution is -2.52. The number of nitrogens with zero attached hydrogens (tertiary/aromatic N) is 6. The van der Waals surface area contributed by atoms with Gasteiger partial charge in [-0.2, -0.15) is 5.10 Å². The van der Waals surface area contributed by atoms with E-state index in [-0.39, 0.29) is 23.5 Å². The summed E-state index contributed by atoms with van der Waals surface area (Å²) in [5.74, 6) is -0.0830. The van der Waals surface area contributed by atoms with Crippen molar-refractivity contribution in [2.45, 2.75) is 32.7 Å². The van der Waals surface area contributed by atoms with E-state index in [4.69, 9.17) is 10.5 Å². The van der Waals surface area contributed by atoms with Gasteiger partial charge in [-0.3, -0.25) is 14.7 Å². The molecule has 1 aliphatic heterocycles. The molecule has 37 heavy (non-hydrogen) atoms. The summed E-state index contributed by atoms with van der Waals surface area (Å²) < 4.78 is 5.51. The summed E-state index contributed by atoms with van der Waals surface area (Å²) >= 11 is 0. The van der Waals surface area contributed by atoms with Crippen LogP contribution in [0.1, 0.15) is 34.5 Å². The smallest absolute Gasteiger partial charge is 0.410 e. The number of anilines is 2. The topological polar surface area (TPSA) is 151 Å². The summed E-state index contributed by atoms with van der Waals surface area (Å²) in [6.07, 6.45) is 3.43. The number of carbonyl (C=O) groups excluding carboxylic acids is 3. The number of piperidine rings is 1. The van der Waals surface area contributed by atoms with E-state index in [2.05, 4.69) is 26.7 Å². The summed E-state index contributed by atoms with van der Waals surface area (Å²) in [5, 5.41) is 7.31. The van der Waals surface area contributed by atoms with Gasteiger partial charge in [0.25, 0.3) is 5.91 Å². The summed E-state index contributed by atoms with van der Waals surface area (Å²) in [6, 6.07) is 3.05. The van der Waals surface area contributed by atoms with E-state index in [1.54, 1.807) is 36.0 Å². The SMILES string of the molecule is C=CC(=O)N1CCCC(N(C(=O)c2n[nH]c3ncnc(N)c23)c2ccc(OC(=O)N(C)C)c(C)c2C)C1. The van der Waals surface area contributed by atoms with Gasteiger partial charge in [0.1, 0.15) is 17.9 Å². The minimum Gasteiger partial charge on any atom is -0.410 e. The van der Waals surface area contributed by atoms with Gasteiger partial charge >= 0.3 is 6.09 Å². The van der Waals surface area contributed by atoms with Crippen LogP contribution in [-0.4, -0.2) is 81.1 Å². The molecule has 12 heteroatoms. The third-order valence-electron chi connectivity index (χ3n) is 6.59. The van der Waals surface area contributed by atoms with E-state index in [9.17, 15) is 14.4 Å². The van der Waals surface area contributed by atoms with Crippen LogP contribution in [0.25, 0.3) is 11.0 Å². The van der Waals surface area contributed by atoms with Crippen LogP contribution in [0, 0.1) is 13.8 Å². The minimum atomic E-state index is -0.507. The highest BCUT2D eigenvalue weighted by atomic mass is 16.6. The number of aromatic amines is 1. The maximum atomic E-state index is 14.2. The number of rotatable bonds is 5. The van der Waals surface area contributed by atoms with Gasteiger partial charge in [-0.15, -0.1) is 0 Å². The number of nitrogens with two attached hydrogens (primary N) is 1. The predicted molar refractivity (Wildman–Crippen MR) is 138 cm³/mol. The van der Waals surface area contributed by atoms with Crippen LogP contribution in [0.15, 0.2) is 31.1 Å². The molecule has 3 heterocycles. The number of hydrogen-bond donors (Lipinski definition) is 2. The van der Waals surface area contributed by atoms with E-state index >= 15 is 0 Å². The number of benzene rings is 1. The van der Waals surface area contributed by atoms with Gasteiger partial charge in [0.05, 0.1) is 11.4 Å². The summed E-state index contributed by atoms with van der Waals surface area (Å²) in [7, 11) is 3.20. The third kappa shape index (κ3) is 4.82. The Morgan fingerprint density at radius 2 is 1.97 bits per heavy atom. The molecule has 2 aromatic heterocycles. The highest BCUT2D eigenvalue weighted by molar-refractivity contribution is 6.14. The first-order chi connectivity index (χ1) is 17.6. The second-order valence-electron chi connectivity index (χ2n) is 9.11. The third-order valence-corrected chi connectivity index (χ3v) is 6.59. The molecular weight excluding hydrogens is 476 g/mol. The quantitative estimate of drug-likeness (QED) is 0.501. The van der Waals surface area contributed by atoms with Crippen LogP contribution in [-0.2, 0) is 4.79 Å². The van der Waals surface area contributed by atoms with E-state index < -0.39 is 12.0 Å². The van der Waals surface area contributed by atoms with Crippen molar-refractivity contribution in [1.29, 1.82) is 0 Å². The molecule has 1 atom stereocenters. The second kappa shape index (κ2) is 10.2. The van der Waals surface area contributed by atoms with Gasteiger partial charge < -0.3 is 25.2 Å². The number of fused-ring (bicyclic) bond motifs is 1. The number of hydrogen-bond acceptors (Lipinski definition) is 8. The van der Waals surface area contributed by atoms with Crippen LogP contribution < -0.4 is 15.4 Å². The zero-order valence-corrected chi connectivity index (χ0v) is 21.3. The number of amides is 3. The molecule has 3 N–H and O–H groups in total. The Morgan fingerprint density at radius 1 is 1.22 bits per heavy atom. The first-order valence-corrected chi connectivity index (χ1v) is 11.8. The van der Waals surface area contributed by atoms with Crippen LogP contribution in [0.2, 0.25) is 0 Å².